The van der Waals surface area contributed by atoms with Gasteiger partial charge in [0.2, 0.25) is 0 Å². The molecule has 0 atom stereocenters. The normalized spacial score (nSPS) is 10.7. The third kappa shape index (κ3) is 3.48. The number of hydrogen-bond acceptors (Lipinski definition) is 3. The maximum atomic E-state index is 11.4. The van der Waals surface area contributed by atoms with Gasteiger partial charge in [-0.2, -0.15) is 0 Å². The van der Waals surface area contributed by atoms with Crippen LogP contribution in [0.15, 0.2) is 42.6 Å². The molecule has 2 aromatic rings. The highest BCUT2D eigenvalue weighted by molar-refractivity contribution is 5.95. The van der Waals surface area contributed by atoms with Crippen LogP contribution in [-0.4, -0.2) is 29.8 Å². The molecule has 0 amide bonds. The van der Waals surface area contributed by atoms with Crippen molar-refractivity contribution in [1.82, 2.24) is 9.88 Å². The molecule has 1 heterocycles. The number of rotatable bonds is 4. The number of benzene rings is 1. The van der Waals surface area contributed by atoms with E-state index in [-0.39, 0.29) is 5.78 Å². The lowest BCUT2D eigenvalue weighted by atomic mass is 10.0. The van der Waals surface area contributed by atoms with E-state index in [2.05, 4.69) is 16.0 Å². The molecular formula is C16H18N2O. The summed E-state index contributed by atoms with van der Waals surface area (Å²) in [5.41, 5.74) is 3.77. The van der Waals surface area contributed by atoms with Gasteiger partial charge in [0, 0.05) is 23.9 Å². The molecule has 19 heavy (non-hydrogen) atoms. The van der Waals surface area contributed by atoms with Gasteiger partial charge in [0.1, 0.15) is 0 Å². The summed E-state index contributed by atoms with van der Waals surface area (Å²) in [6.45, 7) is 2.45. The van der Waals surface area contributed by atoms with Crippen molar-refractivity contribution in [3.8, 4) is 11.3 Å². The van der Waals surface area contributed by atoms with E-state index in [1.807, 2.05) is 50.6 Å². The minimum Gasteiger partial charge on any atom is -0.305 e. The molecule has 3 heteroatoms. The van der Waals surface area contributed by atoms with Gasteiger partial charge in [-0.25, -0.2) is 0 Å². The molecule has 1 aromatic carbocycles. The molecule has 0 aliphatic heterocycles. The van der Waals surface area contributed by atoms with Crippen LogP contribution in [-0.2, 0) is 6.54 Å². The Morgan fingerprint density at radius 1 is 1.21 bits per heavy atom. The molecule has 0 aliphatic rings. The van der Waals surface area contributed by atoms with Gasteiger partial charge in [-0.15, -0.1) is 0 Å². The van der Waals surface area contributed by atoms with Crippen LogP contribution >= 0.6 is 0 Å². The maximum absolute atomic E-state index is 11.4. The van der Waals surface area contributed by atoms with Crippen LogP contribution in [0.5, 0.6) is 0 Å². The molecule has 0 saturated heterocycles. The largest absolute Gasteiger partial charge is 0.305 e. The maximum Gasteiger partial charge on any atom is 0.159 e. The monoisotopic (exact) mass is 254 g/mol. The summed E-state index contributed by atoms with van der Waals surface area (Å²) in [7, 11) is 4.06. The molecule has 1 aromatic heterocycles. The van der Waals surface area contributed by atoms with E-state index in [0.717, 1.165) is 23.4 Å². The Morgan fingerprint density at radius 2 is 2.00 bits per heavy atom. The highest BCUT2D eigenvalue weighted by Crippen LogP contribution is 2.19. The number of hydrogen-bond donors (Lipinski definition) is 0. The molecular weight excluding hydrogens is 236 g/mol. The third-order valence-electron chi connectivity index (χ3n) is 2.89. The highest BCUT2D eigenvalue weighted by atomic mass is 16.1. The standard InChI is InChI=1S/C16H18N2O/c1-12(19)14-5-4-6-15(9-14)16-8-7-13(10-17-16)11-18(2)3/h4-10H,11H2,1-3H3. The zero-order chi connectivity index (χ0) is 13.8. The minimum absolute atomic E-state index is 0.0751. The Labute approximate surface area is 113 Å². The van der Waals surface area contributed by atoms with Crippen molar-refractivity contribution in [1.29, 1.82) is 0 Å². The summed E-state index contributed by atoms with van der Waals surface area (Å²) >= 11 is 0. The van der Waals surface area contributed by atoms with Gasteiger partial charge in [0.15, 0.2) is 5.78 Å². The van der Waals surface area contributed by atoms with Crippen LogP contribution < -0.4 is 0 Å². The van der Waals surface area contributed by atoms with Crippen LogP contribution in [0.4, 0.5) is 0 Å². The van der Waals surface area contributed by atoms with Crippen molar-refractivity contribution < 1.29 is 4.79 Å². The summed E-state index contributed by atoms with van der Waals surface area (Å²) in [4.78, 5) is 17.9. The Hall–Kier alpha value is -2.00. The first kappa shape index (κ1) is 13.4. The van der Waals surface area contributed by atoms with Crippen LogP contribution in [0.1, 0.15) is 22.8 Å². The van der Waals surface area contributed by atoms with Crippen LogP contribution in [0, 0.1) is 0 Å². The van der Waals surface area contributed by atoms with Gasteiger partial charge in [0.05, 0.1) is 5.69 Å². The van der Waals surface area contributed by atoms with Crippen molar-refractivity contribution in [2.45, 2.75) is 13.5 Å². The molecule has 0 spiro atoms. The predicted molar refractivity (Wildman–Crippen MR) is 77.1 cm³/mol. The van der Waals surface area contributed by atoms with Gasteiger partial charge in [0.25, 0.3) is 0 Å². The number of aromatic nitrogens is 1. The van der Waals surface area contributed by atoms with Gasteiger partial charge in [-0.1, -0.05) is 24.3 Å². The second-order valence-electron chi connectivity index (χ2n) is 4.93. The Bertz CT molecular complexity index is 574. The van der Waals surface area contributed by atoms with Gasteiger partial charge >= 0.3 is 0 Å². The number of ketones is 1. The average Bonchev–Trinajstić information content (AvgIpc) is 2.39. The molecule has 0 radical (unpaired) electrons. The first-order chi connectivity index (χ1) is 9.06. The molecule has 0 N–H and O–H groups in total. The lowest BCUT2D eigenvalue weighted by molar-refractivity contribution is 0.101. The highest BCUT2D eigenvalue weighted by Gasteiger charge is 2.04. The van der Waals surface area contributed by atoms with Gasteiger partial charge in [-0.05, 0) is 38.7 Å². The van der Waals surface area contributed by atoms with E-state index in [9.17, 15) is 4.79 Å². The Morgan fingerprint density at radius 3 is 2.58 bits per heavy atom. The Kier molecular flexibility index (Phi) is 4.07. The van der Waals surface area contributed by atoms with E-state index >= 15 is 0 Å². The second-order valence-corrected chi connectivity index (χ2v) is 4.93. The number of nitrogens with zero attached hydrogens (tertiary/aromatic N) is 2. The van der Waals surface area contributed by atoms with E-state index in [0.29, 0.717) is 0 Å². The quantitative estimate of drug-likeness (QED) is 0.786. The van der Waals surface area contributed by atoms with E-state index < -0.39 is 0 Å². The van der Waals surface area contributed by atoms with Crippen LogP contribution in [0.25, 0.3) is 11.3 Å². The number of pyridine rings is 1. The summed E-state index contributed by atoms with van der Waals surface area (Å²) in [6.07, 6.45) is 1.88. The van der Waals surface area contributed by atoms with Crippen molar-refractivity contribution in [2.75, 3.05) is 14.1 Å². The minimum atomic E-state index is 0.0751. The molecule has 0 bridgehead atoms. The average molecular weight is 254 g/mol. The fourth-order valence-electron chi connectivity index (χ4n) is 1.95. The fourth-order valence-corrected chi connectivity index (χ4v) is 1.95. The van der Waals surface area contributed by atoms with Crippen molar-refractivity contribution in [2.24, 2.45) is 0 Å². The smallest absolute Gasteiger partial charge is 0.159 e. The van der Waals surface area contributed by atoms with Crippen molar-refractivity contribution >= 4 is 5.78 Å². The fraction of sp³-hybridized carbons (Fsp3) is 0.250. The summed E-state index contributed by atoms with van der Waals surface area (Å²) in [5.74, 6) is 0.0751. The van der Waals surface area contributed by atoms with Crippen molar-refractivity contribution in [3.63, 3.8) is 0 Å². The summed E-state index contributed by atoms with van der Waals surface area (Å²) in [6, 6.07) is 11.6. The number of Topliss-reactive ketones (excluding diaryl/α,β-unsaturated/α-hetero) is 1. The molecule has 0 fully saturated rings. The molecule has 3 nitrogen and oxygen atoms in total. The van der Waals surface area contributed by atoms with E-state index in [1.54, 1.807) is 6.92 Å². The van der Waals surface area contributed by atoms with Crippen LogP contribution in [0.2, 0.25) is 0 Å². The zero-order valence-electron chi connectivity index (χ0n) is 11.6. The SMILES string of the molecule is CC(=O)c1cccc(-c2ccc(CN(C)C)cn2)c1. The van der Waals surface area contributed by atoms with E-state index in [1.165, 1.54) is 5.56 Å². The van der Waals surface area contributed by atoms with Crippen molar-refractivity contribution in [3.05, 3.63) is 53.7 Å². The molecule has 0 aliphatic carbocycles. The molecule has 0 unspecified atom stereocenters. The zero-order valence-corrected chi connectivity index (χ0v) is 11.6. The molecule has 98 valence electrons. The third-order valence-corrected chi connectivity index (χ3v) is 2.89. The van der Waals surface area contributed by atoms with E-state index in [4.69, 9.17) is 0 Å². The number of carbonyl (C=O) groups excluding carboxylic acids is 1. The van der Waals surface area contributed by atoms with Gasteiger partial charge < -0.3 is 4.90 Å². The Balaban J connectivity index is 2.27. The topological polar surface area (TPSA) is 33.2 Å². The lowest BCUT2D eigenvalue weighted by Crippen LogP contribution is -2.10. The lowest BCUT2D eigenvalue weighted by Gasteiger charge is -2.09. The molecule has 0 saturated carbocycles. The first-order valence-electron chi connectivity index (χ1n) is 6.27. The first-order valence-corrected chi connectivity index (χ1v) is 6.27. The molecule has 2 rings (SSSR count). The second kappa shape index (κ2) is 5.76. The predicted octanol–water partition coefficient (Wildman–Crippen LogP) is 3.01. The summed E-state index contributed by atoms with van der Waals surface area (Å²) in [5, 5.41) is 0. The number of carbonyl (C=O) groups is 1. The van der Waals surface area contributed by atoms with Crippen LogP contribution in [0.3, 0.4) is 0 Å². The van der Waals surface area contributed by atoms with Gasteiger partial charge in [-0.3, -0.25) is 9.78 Å². The summed E-state index contributed by atoms with van der Waals surface area (Å²) < 4.78 is 0.